The van der Waals surface area contributed by atoms with E-state index in [2.05, 4.69) is 66.5 Å². The summed E-state index contributed by atoms with van der Waals surface area (Å²) >= 11 is 2.27. The highest BCUT2D eigenvalue weighted by atomic mass is 127. The first kappa shape index (κ1) is 13.0. The molecule has 0 N–H and O–H groups in total. The van der Waals surface area contributed by atoms with E-state index in [1.54, 1.807) is 11.1 Å². The van der Waals surface area contributed by atoms with Gasteiger partial charge in [0.2, 0.25) is 0 Å². The molecule has 84 valence electrons. The zero-order valence-corrected chi connectivity index (χ0v) is 12.4. The fourth-order valence-electron chi connectivity index (χ4n) is 2.34. The average molecular weight is 316 g/mol. The Balaban J connectivity index is 3.04. The van der Waals surface area contributed by atoms with Crippen LogP contribution >= 0.6 is 22.6 Å². The van der Waals surface area contributed by atoms with Crippen molar-refractivity contribution < 1.29 is 0 Å². The Labute approximate surface area is 108 Å². The van der Waals surface area contributed by atoms with Gasteiger partial charge in [0.25, 0.3) is 0 Å². The molecule has 0 saturated heterocycles. The molecule has 1 aliphatic carbocycles. The number of rotatable bonds is 2. The summed E-state index contributed by atoms with van der Waals surface area (Å²) in [7, 11) is 0. The van der Waals surface area contributed by atoms with Crippen LogP contribution in [0.3, 0.4) is 0 Å². The molecule has 0 heterocycles. The minimum absolute atomic E-state index is 0.364. The predicted molar refractivity (Wildman–Crippen MR) is 77.2 cm³/mol. The van der Waals surface area contributed by atoms with Gasteiger partial charge in [-0.05, 0) is 48.2 Å². The quantitative estimate of drug-likeness (QED) is 0.472. The highest BCUT2D eigenvalue weighted by Gasteiger charge is 2.26. The number of allylic oxidation sites excluding steroid dienone is 5. The number of halogens is 1. The molecule has 0 bridgehead atoms. The Kier molecular flexibility index (Phi) is 4.63. The van der Waals surface area contributed by atoms with Crippen molar-refractivity contribution in [3.05, 3.63) is 33.0 Å². The maximum Gasteiger partial charge on any atom is -0.0104 e. The third kappa shape index (κ3) is 3.47. The molecule has 0 nitrogen and oxygen atoms in total. The van der Waals surface area contributed by atoms with E-state index in [0.717, 1.165) is 0 Å². The largest absolute Gasteiger partial charge is 0.0696 e. The second kappa shape index (κ2) is 5.33. The molecule has 0 radical (unpaired) electrons. The summed E-state index contributed by atoms with van der Waals surface area (Å²) in [5, 5.41) is 0. The molecular formula is C14H21I. The van der Waals surface area contributed by atoms with Crippen LogP contribution in [0.4, 0.5) is 0 Å². The van der Waals surface area contributed by atoms with Gasteiger partial charge in [0.05, 0.1) is 0 Å². The smallest absolute Gasteiger partial charge is 0.0104 e. The highest BCUT2D eigenvalue weighted by Crippen LogP contribution is 2.41. The summed E-state index contributed by atoms with van der Waals surface area (Å²) in [5.41, 5.74) is 4.85. The van der Waals surface area contributed by atoms with Gasteiger partial charge in [-0.1, -0.05) is 59.7 Å². The lowest BCUT2D eigenvalue weighted by Gasteiger charge is -2.33. The standard InChI is InChI=1S/C14H21I/c1-11(7-9-15)10-13-12(2)6-5-8-14(13,3)4/h7,9-10H,5-6,8H2,1-4H3/b9-7+,11-10+. The Morgan fingerprint density at radius 3 is 2.60 bits per heavy atom. The van der Waals surface area contributed by atoms with Crippen molar-refractivity contribution >= 4 is 22.6 Å². The van der Waals surface area contributed by atoms with Crippen molar-refractivity contribution in [2.45, 2.75) is 47.0 Å². The van der Waals surface area contributed by atoms with Crippen molar-refractivity contribution in [1.82, 2.24) is 0 Å². The molecule has 1 heteroatoms. The van der Waals surface area contributed by atoms with Crippen LogP contribution in [0.1, 0.15) is 47.0 Å². The molecule has 1 aliphatic rings. The van der Waals surface area contributed by atoms with E-state index >= 15 is 0 Å². The molecular weight excluding hydrogens is 295 g/mol. The maximum absolute atomic E-state index is 2.36. The summed E-state index contributed by atoms with van der Waals surface area (Å²) in [5.74, 6) is 0. The van der Waals surface area contributed by atoms with Crippen molar-refractivity contribution in [1.29, 1.82) is 0 Å². The van der Waals surface area contributed by atoms with Gasteiger partial charge in [-0.15, -0.1) is 0 Å². The number of hydrogen-bond donors (Lipinski definition) is 0. The topological polar surface area (TPSA) is 0 Å². The molecule has 0 aromatic rings. The van der Waals surface area contributed by atoms with Gasteiger partial charge in [0.15, 0.2) is 0 Å². The molecule has 0 aromatic heterocycles. The summed E-state index contributed by atoms with van der Waals surface area (Å²) in [6.07, 6.45) is 8.47. The number of hydrogen-bond acceptors (Lipinski definition) is 0. The Hall–Kier alpha value is -0.0500. The zero-order chi connectivity index (χ0) is 11.5. The molecule has 15 heavy (non-hydrogen) atoms. The van der Waals surface area contributed by atoms with Crippen molar-refractivity contribution in [2.24, 2.45) is 5.41 Å². The van der Waals surface area contributed by atoms with Gasteiger partial charge in [0.1, 0.15) is 0 Å². The van der Waals surface area contributed by atoms with Crippen LogP contribution in [-0.4, -0.2) is 0 Å². The molecule has 0 atom stereocenters. The zero-order valence-electron chi connectivity index (χ0n) is 10.2. The summed E-state index contributed by atoms with van der Waals surface area (Å²) in [6.45, 7) is 9.19. The Bertz CT molecular complexity index is 316. The summed E-state index contributed by atoms with van der Waals surface area (Å²) in [4.78, 5) is 0. The minimum Gasteiger partial charge on any atom is -0.0696 e. The molecule has 0 spiro atoms. The van der Waals surface area contributed by atoms with Gasteiger partial charge in [-0.25, -0.2) is 0 Å². The minimum atomic E-state index is 0.364. The second-order valence-electron chi connectivity index (χ2n) is 5.11. The van der Waals surface area contributed by atoms with Crippen molar-refractivity contribution in [3.8, 4) is 0 Å². The fraction of sp³-hybridized carbons (Fsp3) is 0.571. The van der Waals surface area contributed by atoms with Crippen LogP contribution in [0, 0.1) is 5.41 Å². The van der Waals surface area contributed by atoms with Gasteiger partial charge in [-0.3, -0.25) is 0 Å². The van der Waals surface area contributed by atoms with E-state index in [4.69, 9.17) is 0 Å². The van der Waals surface area contributed by atoms with E-state index in [1.807, 2.05) is 0 Å². The summed E-state index contributed by atoms with van der Waals surface area (Å²) < 4.78 is 2.08. The molecule has 0 fully saturated rings. The fourth-order valence-corrected chi connectivity index (χ4v) is 2.90. The molecule has 0 saturated carbocycles. The first-order valence-electron chi connectivity index (χ1n) is 5.62. The van der Waals surface area contributed by atoms with Gasteiger partial charge < -0.3 is 0 Å². The van der Waals surface area contributed by atoms with E-state index in [0.29, 0.717) is 5.41 Å². The average Bonchev–Trinajstić information content (AvgIpc) is 2.12. The van der Waals surface area contributed by atoms with Gasteiger partial charge >= 0.3 is 0 Å². The Morgan fingerprint density at radius 1 is 1.40 bits per heavy atom. The predicted octanol–water partition coefficient (Wildman–Crippen LogP) is 5.41. The molecule has 0 unspecified atom stereocenters. The van der Waals surface area contributed by atoms with Gasteiger partial charge in [-0.2, -0.15) is 0 Å². The first-order valence-corrected chi connectivity index (χ1v) is 6.87. The monoisotopic (exact) mass is 316 g/mol. The van der Waals surface area contributed by atoms with Crippen LogP contribution in [-0.2, 0) is 0 Å². The third-order valence-corrected chi connectivity index (χ3v) is 3.60. The lowest BCUT2D eigenvalue weighted by molar-refractivity contribution is 0.376. The molecule has 0 aromatic carbocycles. The van der Waals surface area contributed by atoms with Crippen molar-refractivity contribution in [3.63, 3.8) is 0 Å². The Morgan fingerprint density at radius 2 is 2.07 bits per heavy atom. The first-order chi connectivity index (χ1) is 6.97. The lowest BCUT2D eigenvalue weighted by atomic mass is 9.72. The SMILES string of the molecule is CC1=C(/C=C(C)/C=C/I)C(C)(C)CCC1. The molecule has 0 aliphatic heterocycles. The highest BCUT2D eigenvalue weighted by molar-refractivity contribution is 14.1. The van der Waals surface area contributed by atoms with Crippen LogP contribution < -0.4 is 0 Å². The van der Waals surface area contributed by atoms with Crippen molar-refractivity contribution in [2.75, 3.05) is 0 Å². The van der Waals surface area contributed by atoms with E-state index < -0.39 is 0 Å². The van der Waals surface area contributed by atoms with Crippen LogP contribution in [0.2, 0.25) is 0 Å². The van der Waals surface area contributed by atoms with E-state index in [1.165, 1.54) is 24.8 Å². The van der Waals surface area contributed by atoms with Crippen LogP contribution in [0.25, 0.3) is 0 Å². The molecule has 0 amide bonds. The van der Waals surface area contributed by atoms with Crippen LogP contribution in [0.15, 0.2) is 33.0 Å². The van der Waals surface area contributed by atoms with E-state index in [9.17, 15) is 0 Å². The van der Waals surface area contributed by atoms with Gasteiger partial charge in [0, 0.05) is 0 Å². The van der Waals surface area contributed by atoms with Crippen LogP contribution in [0.5, 0.6) is 0 Å². The lowest BCUT2D eigenvalue weighted by Crippen LogP contribution is -2.19. The maximum atomic E-state index is 2.36. The molecule has 1 rings (SSSR count). The van der Waals surface area contributed by atoms with E-state index in [-0.39, 0.29) is 0 Å². The second-order valence-corrected chi connectivity index (χ2v) is 5.83. The summed E-state index contributed by atoms with van der Waals surface area (Å²) in [6, 6.07) is 0. The third-order valence-electron chi connectivity index (χ3n) is 3.24. The normalized spacial score (nSPS) is 22.6.